The van der Waals surface area contributed by atoms with E-state index in [9.17, 15) is 4.79 Å². The standard InChI is InChI=1S/C11H11BrO2/c1-8(6-11(13)14)5-9-3-2-4-10(12)7-9/h2-4,6-7H,5H2,1H3,(H,13,14)/b8-6+. The molecule has 0 amide bonds. The van der Waals surface area contributed by atoms with Crippen LogP contribution in [0, 0.1) is 0 Å². The minimum atomic E-state index is -0.891. The van der Waals surface area contributed by atoms with Gasteiger partial charge in [0.2, 0.25) is 0 Å². The van der Waals surface area contributed by atoms with Crippen LogP contribution in [0.3, 0.4) is 0 Å². The number of halogens is 1. The molecule has 0 aliphatic carbocycles. The zero-order chi connectivity index (χ0) is 10.6. The second kappa shape index (κ2) is 4.96. The van der Waals surface area contributed by atoms with Gasteiger partial charge in [-0.25, -0.2) is 4.79 Å². The van der Waals surface area contributed by atoms with Gasteiger partial charge in [0.15, 0.2) is 0 Å². The molecule has 0 bridgehead atoms. The lowest BCUT2D eigenvalue weighted by atomic mass is 10.1. The summed E-state index contributed by atoms with van der Waals surface area (Å²) in [5, 5.41) is 8.53. The molecule has 3 heteroatoms. The third kappa shape index (κ3) is 3.75. The van der Waals surface area contributed by atoms with Crippen LogP contribution in [0.1, 0.15) is 12.5 Å². The van der Waals surface area contributed by atoms with Crippen molar-refractivity contribution in [3.63, 3.8) is 0 Å². The summed E-state index contributed by atoms with van der Waals surface area (Å²) in [4.78, 5) is 10.4. The number of benzene rings is 1. The molecule has 0 aliphatic heterocycles. The van der Waals surface area contributed by atoms with Gasteiger partial charge in [-0.05, 0) is 31.0 Å². The number of aliphatic carboxylic acids is 1. The summed E-state index contributed by atoms with van der Waals surface area (Å²) in [5.74, 6) is -0.891. The van der Waals surface area contributed by atoms with Crippen molar-refractivity contribution in [1.82, 2.24) is 0 Å². The van der Waals surface area contributed by atoms with E-state index < -0.39 is 5.97 Å². The number of carboxylic acids is 1. The average Bonchev–Trinajstić information content (AvgIpc) is 2.01. The van der Waals surface area contributed by atoms with Crippen LogP contribution >= 0.6 is 15.9 Å². The van der Waals surface area contributed by atoms with Gasteiger partial charge in [-0.2, -0.15) is 0 Å². The first-order valence-electron chi connectivity index (χ1n) is 4.22. The summed E-state index contributed by atoms with van der Waals surface area (Å²) >= 11 is 3.37. The van der Waals surface area contributed by atoms with Gasteiger partial charge in [0, 0.05) is 10.5 Å². The third-order valence-corrected chi connectivity index (χ3v) is 2.24. The van der Waals surface area contributed by atoms with Gasteiger partial charge >= 0.3 is 5.97 Å². The largest absolute Gasteiger partial charge is 0.478 e. The minimum Gasteiger partial charge on any atom is -0.478 e. The Labute approximate surface area is 91.4 Å². The molecule has 2 nitrogen and oxygen atoms in total. The predicted octanol–water partition coefficient (Wildman–Crippen LogP) is 3.02. The Morgan fingerprint density at radius 1 is 1.57 bits per heavy atom. The number of rotatable bonds is 3. The van der Waals surface area contributed by atoms with E-state index >= 15 is 0 Å². The Morgan fingerprint density at radius 3 is 2.86 bits per heavy atom. The fraction of sp³-hybridized carbons (Fsp3) is 0.182. The maximum Gasteiger partial charge on any atom is 0.328 e. The third-order valence-electron chi connectivity index (χ3n) is 1.74. The van der Waals surface area contributed by atoms with E-state index in [2.05, 4.69) is 15.9 Å². The maximum absolute atomic E-state index is 10.4. The molecule has 0 heterocycles. The molecular weight excluding hydrogens is 244 g/mol. The second-order valence-electron chi connectivity index (χ2n) is 3.14. The molecular formula is C11H11BrO2. The number of carboxylic acid groups (broad SMARTS) is 1. The van der Waals surface area contributed by atoms with Gasteiger partial charge in [-0.15, -0.1) is 0 Å². The van der Waals surface area contributed by atoms with Crippen LogP contribution in [0.4, 0.5) is 0 Å². The summed E-state index contributed by atoms with van der Waals surface area (Å²) in [5.41, 5.74) is 1.95. The Bertz CT molecular complexity index is 369. The SMILES string of the molecule is C/C(=C\C(=O)O)Cc1cccc(Br)c1. The molecule has 0 spiro atoms. The molecule has 14 heavy (non-hydrogen) atoms. The quantitative estimate of drug-likeness (QED) is 0.843. The van der Waals surface area contributed by atoms with Crippen LogP contribution in [0.15, 0.2) is 40.4 Å². The van der Waals surface area contributed by atoms with Gasteiger partial charge in [-0.1, -0.05) is 33.6 Å². The molecule has 0 unspecified atom stereocenters. The number of allylic oxidation sites excluding steroid dienone is 1. The highest BCUT2D eigenvalue weighted by Gasteiger charge is 1.97. The second-order valence-corrected chi connectivity index (χ2v) is 4.05. The molecule has 0 atom stereocenters. The molecule has 1 aromatic rings. The van der Waals surface area contributed by atoms with Crippen molar-refractivity contribution in [2.24, 2.45) is 0 Å². The highest BCUT2D eigenvalue weighted by molar-refractivity contribution is 9.10. The lowest BCUT2D eigenvalue weighted by Gasteiger charge is -2.01. The molecule has 1 aromatic carbocycles. The minimum absolute atomic E-state index is 0.672. The highest BCUT2D eigenvalue weighted by Crippen LogP contribution is 2.14. The van der Waals surface area contributed by atoms with Crippen molar-refractivity contribution >= 4 is 21.9 Å². The summed E-state index contributed by atoms with van der Waals surface area (Å²) < 4.78 is 1.01. The van der Waals surface area contributed by atoms with Crippen LogP contribution in [0.25, 0.3) is 0 Å². The first kappa shape index (κ1) is 11.0. The fourth-order valence-corrected chi connectivity index (χ4v) is 1.68. The van der Waals surface area contributed by atoms with Gasteiger partial charge in [-0.3, -0.25) is 0 Å². The van der Waals surface area contributed by atoms with Crippen molar-refractivity contribution in [3.8, 4) is 0 Å². The fourth-order valence-electron chi connectivity index (χ4n) is 1.23. The Balaban J connectivity index is 2.74. The van der Waals surface area contributed by atoms with E-state index in [0.717, 1.165) is 15.6 Å². The van der Waals surface area contributed by atoms with Gasteiger partial charge < -0.3 is 5.11 Å². The van der Waals surface area contributed by atoms with Crippen LogP contribution in [0.5, 0.6) is 0 Å². The number of hydrogen-bond donors (Lipinski definition) is 1. The van der Waals surface area contributed by atoms with Gasteiger partial charge in [0.1, 0.15) is 0 Å². The van der Waals surface area contributed by atoms with Crippen molar-refractivity contribution in [2.75, 3.05) is 0 Å². The molecule has 74 valence electrons. The first-order chi connectivity index (χ1) is 6.58. The molecule has 0 radical (unpaired) electrons. The molecule has 1 rings (SSSR count). The Morgan fingerprint density at radius 2 is 2.29 bits per heavy atom. The van der Waals surface area contributed by atoms with E-state index in [4.69, 9.17) is 5.11 Å². The average molecular weight is 255 g/mol. The number of carbonyl (C=O) groups is 1. The predicted molar refractivity (Wildman–Crippen MR) is 59.2 cm³/mol. The monoisotopic (exact) mass is 254 g/mol. The van der Waals surface area contributed by atoms with E-state index in [1.165, 1.54) is 6.08 Å². The normalized spacial score (nSPS) is 11.4. The molecule has 0 saturated carbocycles. The van der Waals surface area contributed by atoms with Crippen LogP contribution in [-0.2, 0) is 11.2 Å². The van der Waals surface area contributed by atoms with Crippen molar-refractivity contribution < 1.29 is 9.90 Å². The van der Waals surface area contributed by atoms with Crippen molar-refractivity contribution in [1.29, 1.82) is 0 Å². The highest BCUT2D eigenvalue weighted by atomic mass is 79.9. The first-order valence-corrected chi connectivity index (χ1v) is 5.02. The summed E-state index contributed by atoms with van der Waals surface area (Å²) in [7, 11) is 0. The summed E-state index contributed by atoms with van der Waals surface area (Å²) in [6.45, 7) is 1.81. The Kier molecular flexibility index (Phi) is 3.89. The smallest absolute Gasteiger partial charge is 0.328 e. The molecule has 0 aliphatic rings. The Hall–Kier alpha value is -1.09. The van der Waals surface area contributed by atoms with Gasteiger partial charge in [0.25, 0.3) is 0 Å². The summed E-state index contributed by atoms with van der Waals surface area (Å²) in [6, 6.07) is 7.84. The zero-order valence-electron chi connectivity index (χ0n) is 7.83. The lowest BCUT2D eigenvalue weighted by molar-refractivity contribution is -0.131. The van der Waals surface area contributed by atoms with Crippen LogP contribution in [0.2, 0.25) is 0 Å². The van der Waals surface area contributed by atoms with E-state index in [-0.39, 0.29) is 0 Å². The van der Waals surface area contributed by atoms with E-state index in [1.807, 2.05) is 31.2 Å². The molecule has 1 N–H and O–H groups in total. The number of hydrogen-bond acceptors (Lipinski definition) is 1. The topological polar surface area (TPSA) is 37.3 Å². The maximum atomic E-state index is 10.4. The van der Waals surface area contributed by atoms with Gasteiger partial charge in [0.05, 0.1) is 0 Å². The van der Waals surface area contributed by atoms with Crippen LogP contribution < -0.4 is 0 Å². The lowest BCUT2D eigenvalue weighted by Crippen LogP contribution is -1.93. The van der Waals surface area contributed by atoms with E-state index in [1.54, 1.807) is 0 Å². The van der Waals surface area contributed by atoms with Crippen molar-refractivity contribution in [3.05, 3.63) is 46.0 Å². The molecule has 0 fully saturated rings. The molecule has 0 aromatic heterocycles. The summed E-state index contributed by atoms with van der Waals surface area (Å²) in [6.07, 6.45) is 1.91. The van der Waals surface area contributed by atoms with E-state index in [0.29, 0.717) is 6.42 Å². The van der Waals surface area contributed by atoms with Crippen molar-refractivity contribution in [2.45, 2.75) is 13.3 Å². The van der Waals surface area contributed by atoms with Crippen LogP contribution in [-0.4, -0.2) is 11.1 Å². The molecule has 0 saturated heterocycles. The zero-order valence-corrected chi connectivity index (χ0v) is 9.41.